The molecule has 0 atom stereocenters. The monoisotopic (exact) mass is 239 g/mol. The van der Waals surface area contributed by atoms with Gasteiger partial charge in [0.05, 0.1) is 5.69 Å². The number of rotatable bonds is 5. The number of ether oxygens (including phenoxy) is 1. The number of hydrogen-bond donors (Lipinski definition) is 1. The van der Waals surface area contributed by atoms with Crippen LogP contribution >= 0.6 is 0 Å². The molecule has 18 heavy (non-hydrogen) atoms. The molecule has 0 unspecified atom stereocenters. The molecule has 1 aliphatic carbocycles. The Morgan fingerprint density at radius 1 is 0.944 bits per heavy atom. The van der Waals surface area contributed by atoms with Crippen LogP contribution in [0.25, 0.3) is 0 Å². The van der Waals surface area contributed by atoms with Crippen LogP contribution < -0.4 is 10.1 Å². The lowest BCUT2D eigenvalue weighted by molar-refractivity contribution is 0.307. The molecule has 3 rings (SSSR count). The van der Waals surface area contributed by atoms with Crippen LogP contribution in [-0.4, -0.2) is 6.04 Å². The zero-order valence-electron chi connectivity index (χ0n) is 10.3. The quantitative estimate of drug-likeness (QED) is 0.856. The van der Waals surface area contributed by atoms with Crippen LogP contribution in [-0.2, 0) is 6.61 Å². The van der Waals surface area contributed by atoms with Crippen LogP contribution in [0.1, 0.15) is 18.4 Å². The molecule has 92 valence electrons. The SMILES string of the molecule is c1ccc(COc2ccccc2NC2CC2)cc1. The van der Waals surface area contributed by atoms with E-state index < -0.39 is 0 Å². The van der Waals surface area contributed by atoms with Gasteiger partial charge in [0.25, 0.3) is 0 Å². The van der Waals surface area contributed by atoms with Gasteiger partial charge in [-0.15, -0.1) is 0 Å². The molecule has 1 saturated carbocycles. The minimum Gasteiger partial charge on any atom is -0.487 e. The first-order chi connectivity index (χ1) is 8.92. The predicted octanol–water partition coefficient (Wildman–Crippen LogP) is 3.84. The third kappa shape index (κ3) is 2.83. The third-order valence-corrected chi connectivity index (χ3v) is 3.06. The van der Waals surface area contributed by atoms with Crippen molar-refractivity contribution in [3.63, 3.8) is 0 Å². The molecule has 0 aliphatic heterocycles. The van der Waals surface area contributed by atoms with Crippen LogP contribution in [0.5, 0.6) is 5.75 Å². The smallest absolute Gasteiger partial charge is 0.142 e. The molecular weight excluding hydrogens is 222 g/mol. The Kier molecular flexibility index (Phi) is 3.18. The molecule has 1 aliphatic rings. The van der Waals surface area contributed by atoms with Gasteiger partial charge in [-0.2, -0.15) is 0 Å². The van der Waals surface area contributed by atoms with E-state index in [1.807, 2.05) is 36.4 Å². The first-order valence-electron chi connectivity index (χ1n) is 6.44. The molecule has 0 bridgehead atoms. The predicted molar refractivity (Wildman–Crippen MR) is 73.9 cm³/mol. The van der Waals surface area contributed by atoms with Crippen molar-refractivity contribution in [3.05, 3.63) is 60.2 Å². The van der Waals surface area contributed by atoms with Gasteiger partial charge in [-0.25, -0.2) is 0 Å². The standard InChI is InChI=1S/C16H17NO/c1-2-6-13(7-3-1)12-18-16-9-5-4-8-15(16)17-14-10-11-14/h1-9,14,17H,10-12H2. The van der Waals surface area contributed by atoms with E-state index in [4.69, 9.17) is 4.74 Å². The van der Waals surface area contributed by atoms with Gasteiger partial charge >= 0.3 is 0 Å². The zero-order valence-corrected chi connectivity index (χ0v) is 10.3. The summed E-state index contributed by atoms with van der Waals surface area (Å²) in [6, 6.07) is 19.1. The van der Waals surface area contributed by atoms with Gasteiger partial charge in [0.2, 0.25) is 0 Å². The third-order valence-electron chi connectivity index (χ3n) is 3.06. The van der Waals surface area contributed by atoms with Gasteiger partial charge < -0.3 is 10.1 Å². The first kappa shape index (κ1) is 11.1. The average molecular weight is 239 g/mol. The molecule has 2 aromatic rings. The fourth-order valence-electron chi connectivity index (χ4n) is 1.89. The topological polar surface area (TPSA) is 21.3 Å². The van der Waals surface area contributed by atoms with Crippen LogP contribution in [0.3, 0.4) is 0 Å². The van der Waals surface area contributed by atoms with Crippen molar-refractivity contribution in [1.29, 1.82) is 0 Å². The van der Waals surface area contributed by atoms with Gasteiger partial charge in [0.1, 0.15) is 12.4 Å². The maximum Gasteiger partial charge on any atom is 0.142 e. The normalized spacial score (nSPS) is 14.2. The maximum absolute atomic E-state index is 5.89. The van der Waals surface area contributed by atoms with E-state index >= 15 is 0 Å². The zero-order chi connectivity index (χ0) is 12.2. The molecule has 2 heteroatoms. The summed E-state index contributed by atoms with van der Waals surface area (Å²) in [5.41, 5.74) is 2.30. The number of benzene rings is 2. The highest BCUT2D eigenvalue weighted by atomic mass is 16.5. The van der Waals surface area contributed by atoms with Gasteiger partial charge in [-0.3, -0.25) is 0 Å². The second-order valence-corrected chi connectivity index (χ2v) is 4.69. The highest BCUT2D eigenvalue weighted by Gasteiger charge is 2.21. The summed E-state index contributed by atoms with van der Waals surface area (Å²) >= 11 is 0. The van der Waals surface area contributed by atoms with Crippen molar-refractivity contribution < 1.29 is 4.74 Å². The molecule has 2 nitrogen and oxygen atoms in total. The molecule has 1 N–H and O–H groups in total. The highest BCUT2D eigenvalue weighted by Crippen LogP contribution is 2.31. The van der Waals surface area contributed by atoms with Gasteiger partial charge in [-0.05, 0) is 30.5 Å². The molecule has 2 aromatic carbocycles. The molecule has 0 amide bonds. The van der Waals surface area contributed by atoms with Crippen LogP contribution in [0, 0.1) is 0 Å². The second kappa shape index (κ2) is 5.13. The largest absolute Gasteiger partial charge is 0.487 e. The lowest BCUT2D eigenvalue weighted by Crippen LogP contribution is -2.04. The summed E-state index contributed by atoms with van der Waals surface area (Å²) in [5, 5.41) is 3.50. The van der Waals surface area contributed by atoms with Crippen molar-refractivity contribution in [2.45, 2.75) is 25.5 Å². The van der Waals surface area contributed by atoms with Crippen molar-refractivity contribution in [1.82, 2.24) is 0 Å². The van der Waals surface area contributed by atoms with Crippen molar-refractivity contribution in [2.75, 3.05) is 5.32 Å². The van der Waals surface area contributed by atoms with Gasteiger partial charge in [-0.1, -0.05) is 42.5 Å². The summed E-state index contributed by atoms with van der Waals surface area (Å²) < 4.78 is 5.89. The maximum atomic E-state index is 5.89. The highest BCUT2D eigenvalue weighted by molar-refractivity contribution is 5.57. The summed E-state index contributed by atoms with van der Waals surface area (Å²) in [5.74, 6) is 0.938. The van der Waals surface area contributed by atoms with E-state index in [1.54, 1.807) is 0 Å². The minimum absolute atomic E-state index is 0.615. The fraction of sp³-hybridized carbons (Fsp3) is 0.250. The Bertz CT molecular complexity index is 506. The van der Waals surface area contributed by atoms with Crippen LogP contribution in [0.4, 0.5) is 5.69 Å². The van der Waals surface area contributed by atoms with Crippen LogP contribution in [0.2, 0.25) is 0 Å². The van der Waals surface area contributed by atoms with Crippen molar-refractivity contribution in [2.24, 2.45) is 0 Å². The summed E-state index contributed by atoms with van der Waals surface area (Å²) in [7, 11) is 0. The summed E-state index contributed by atoms with van der Waals surface area (Å²) in [6.07, 6.45) is 2.54. The Morgan fingerprint density at radius 2 is 1.67 bits per heavy atom. The van der Waals surface area contributed by atoms with E-state index in [9.17, 15) is 0 Å². The summed E-state index contributed by atoms with van der Waals surface area (Å²) in [6.45, 7) is 0.615. The van der Waals surface area contributed by atoms with Crippen LogP contribution in [0.15, 0.2) is 54.6 Å². The van der Waals surface area contributed by atoms with E-state index in [0.29, 0.717) is 12.6 Å². The second-order valence-electron chi connectivity index (χ2n) is 4.69. The summed E-state index contributed by atoms with van der Waals surface area (Å²) in [4.78, 5) is 0. The molecule has 0 heterocycles. The van der Waals surface area contributed by atoms with E-state index in [2.05, 4.69) is 23.5 Å². The first-order valence-corrected chi connectivity index (χ1v) is 6.44. The Labute approximate surface area is 108 Å². The number of hydrogen-bond acceptors (Lipinski definition) is 2. The van der Waals surface area contributed by atoms with Gasteiger partial charge in [0.15, 0.2) is 0 Å². The van der Waals surface area contributed by atoms with E-state index in [1.165, 1.54) is 18.4 Å². The van der Waals surface area contributed by atoms with Crippen molar-refractivity contribution in [3.8, 4) is 5.75 Å². The number of nitrogens with one attached hydrogen (secondary N) is 1. The van der Waals surface area contributed by atoms with E-state index in [-0.39, 0.29) is 0 Å². The molecule has 0 spiro atoms. The Hall–Kier alpha value is -1.96. The lowest BCUT2D eigenvalue weighted by atomic mass is 10.2. The lowest BCUT2D eigenvalue weighted by Gasteiger charge is -2.12. The number of anilines is 1. The van der Waals surface area contributed by atoms with Crippen molar-refractivity contribution >= 4 is 5.69 Å². The molecule has 0 saturated heterocycles. The fourth-order valence-corrected chi connectivity index (χ4v) is 1.89. The Balaban J connectivity index is 1.68. The molecule has 0 aromatic heterocycles. The van der Waals surface area contributed by atoms with E-state index in [0.717, 1.165) is 11.4 Å². The molecule has 0 radical (unpaired) electrons. The molecular formula is C16H17NO. The average Bonchev–Trinajstić information content (AvgIpc) is 3.23. The Morgan fingerprint density at radius 3 is 2.44 bits per heavy atom. The molecule has 1 fully saturated rings. The number of para-hydroxylation sites is 2. The minimum atomic E-state index is 0.615. The van der Waals surface area contributed by atoms with Gasteiger partial charge in [0, 0.05) is 6.04 Å².